The van der Waals surface area contributed by atoms with Gasteiger partial charge in [0, 0.05) is 11.5 Å². The maximum Gasteiger partial charge on any atom is 0.416 e. The van der Waals surface area contributed by atoms with E-state index in [2.05, 4.69) is 0 Å². The standard InChI is InChI=1S/C27H21F3O3/c1-17-10-12-22(25(17)19-8-5-9-20(14-19)26(31)32)23-15-21(27(28,29)30)11-13-24(23)33-16-18-6-3-2-4-7-18/h2-15,25H,16H2,1H3,(H,31,32). The molecule has 0 heterocycles. The Morgan fingerprint density at radius 3 is 2.42 bits per heavy atom. The van der Waals surface area contributed by atoms with Crippen molar-refractivity contribution in [3.05, 3.63) is 118 Å². The van der Waals surface area contributed by atoms with Gasteiger partial charge in [0.15, 0.2) is 0 Å². The van der Waals surface area contributed by atoms with Gasteiger partial charge in [-0.3, -0.25) is 0 Å². The SMILES string of the molecule is CC1=CC=C(c2cc(C(F)(F)F)ccc2OCc2ccccc2)C1c1cccc(C(=O)O)c1. The molecule has 1 aliphatic rings. The average molecular weight is 450 g/mol. The predicted molar refractivity (Wildman–Crippen MR) is 120 cm³/mol. The van der Waals surface area contributed by atoms with Crippen molar-refractivity contribution in [2.75, 3.05) is 0 Å². The Balaban J connectivity index is 1.76. The number of alkyl halides is 3. The molecule has 3 aromatic carbocycles. The van der Waals surface area contributed by atoms with Gasteiger partial charge in [-0.05, 0) is 54.0 Å². The van der Waals surface area contributed by atoms with E-state index in [9.17, 15) is 23.1 Å². The molecule has 0 spiro atoms. The van der Waals surface area contributed by atoms with Crippen LogP contribution in [0.3, 0.4) is 0 Å². The zero-order chi connectivity index (χ0) is 23.6. The Labute approximate surface area is 189 Å². The van der Waals surface area contributed by atoms with Gasteiger partial charge in [-0.25, -0.2) is 4.79 Å². The summed E-state index contributed by atoms with van der Waals surface area (Å²) in [6.07, 6.45) is -0.889. The molecule has 1 atom stereocenters. The van der Waals surface area contributed by atoms with Crippen LogP contribution in [0, 0.1) is 0 Å². The number of carbonyl (C=O) groups is 1. The van der Waals surface area contributed by atoms with Gasteiger partial charge in [-0.15, -0.1) is 0 Å². The van der Waals surface area contributed by atoms with Crippen molar-refractivity contribution in [3.8, 4) is 5.75 Å². The van der Waals surface area contributed by atoms with Gasteiger partial charge in [0.1, 0.15) is 12.4 Å². The first-order valence-corrected chi connectivity index (χ1v) is 10.3. The fourth-order valence-electron chi connectivity index (χ4n) is 3.99. The van der Waals surface area contributed by atoms with Crippen LogP contribution in [0.1, 0.15) is 45.5 Å². The zero-order valence-corrected chi connectivity index (χ0v) is 17.8. The largest absolute Gasteiger partial charge is 0.488 e. The lowest BCUT2D eigenvalue weighted by Gasteiger charge is -2.22. The van der Waals surface area contributed by atoms with E-state index in [0.717, 1.165) is 23.3 Å². The van der Waals surface area contributed by atoms with Crippen LogP contribution in [0.4, 0.5) is 13.2 Å². The third-order valence-corrected chi connectivity index (χ3v) is 5.61. The minimum Gasteiger partial charge on any atom is -0.488 e. The van der Waals surface area contributed by atoms with Crippen molar-refractivity contribution in [1.29, 1.82) is 0 Å². The van der Waals surface area contributed by atoms with Crippen molar-refractivity contribution in [2.24, 2.45) is 0 Å². The number of halogens is 3. The Kier molecular flexibility index (Phi) is 6.09. The monoisotopic (exact) mass is 450 g/mol. The highest BCUT2D eigenvalue weighted by Crippen LogP contribution is 2.46. The molecule has 0 radical (unpaired) electrons. The zero-order valence-electron chi connectivity index (χ0n) is 17.8. The van der Waals surface area contributed by atoms with E-state index in [0.29, 0.717) is 22.4 Å². The highest BCUT2D eigenvalue weighted by atomic mass is 19.4. The fourth-order valence-corrected chi connectivity index (χ4v) is 3.99. The topological polar surface area (TPSA) is 46.5 Å². The summed E-state index contributed by atoms with van der Waals surface area (Å²) in [5, 5.41) is 9.37. The second-order valence-corrected chi connectivity index (χ2v) is 7.88. The van der Waals surface area contributed by atoms with Crippen LogP contribution in [-0.4, -0.2) is 11.1 Å². The molecule has 6 heteroatoms. The smallest absolute Gasteiger partial charge is 0.416 e. The van der Waals surface area contributed by atoms with Gasteiger partial charge >= 0.3 is 12.1 Å². The molecule has 0 saturated heterocycles. The number of aromatic carboxylic acids is 1. The molecular formula is C27H21F3O3. The molecule has 0 fully saturated rings. The number of ether oxygens (including phenoxy) is 1. The lowest BCUT2D eigenvalue weighted by atomic mass is 9.84. The van der Waals surface area contributed by atoms with E-state index < -0.39 is 17.7 Å². The second-order valence-electron chi connectivity index (χ2n) is 7.88. The number of rotatable bonds is 6. The number of carboxylic acids is 1. The predicted octanol–water partition coefficient (Wildman–Crippen LogP) is 7.11. The maximum atomic E-state index is 13.5. The third-order valence-electron chi connectivity index (χ3n) is 5.61. The number of benzene rings is 3. The third kappa shape index (κ3) is 4.85. The summed E-state index contributed by atoms with van der Waals surface area (Å²) in [5.74, 6) is -1.11. The molecule has 3 aromatic rings. The van der Waals surface area contributed by atoms with Crippen LogP contribution in [0.5, 0.6) is 5.75 Å². The van der Waals surface area contributed by atoms with Crippen LogP contribution in [-0.2, 0) is 12.8 Å². The van der Waals surface area contributed by atoms with Crippen molar-refractivity contribution < 1.29 is 27.8 Å². The van der Waals surface area contributed by atoms with Crippen molar-refractivity contribution in [3.63, 3.8) is 0 Å². The van der Waals surface area contributed by atoms with Crippen LogP contribution >= 0.6 is 0 Å². The Morgan fingerprint density at radius 1 is 0.970 bits per heavy atom. The molecule has 1 unspecified atom stereocenters. The van der Waals surface area contributed by atoms with E-state index in [1.54, 1.807) is 24.3 Å². The molecule has 33 heavy (non-hydrogen) atoms. The highest BCUT2D eigenvalue weighted by Gasteiger charge is 2.33. The lowest BCUT2D eigenvalue weighted by molar-refractivity contribution is -0.137. The molecule has 0 aromatic heterocycles. The van der Waals surface area contributed by atoms with Crippen molar-refractivity contribution >= 4 is 11.5 Å². The average Bonchev–Trinajstić information content (AvgIpc) is 3.19. The van der Waals surface area contributed by atoms with Gasteiger partial charge in [0.05, 0.1) is 11.1 Å². The minimum atomic E-state index is -4.51. The summed E-state index contributed by atoms with van der Waals surface area (Å²) in [5.41, 5.74) is 2.80. The summed E-state index contributed by atoms with van der Waals surface area (Å²) in [4.78, 5) is 11.5. The normalized spacial score (nSPS) is 15.7. The Hall–Kier alpha value is -3.80. The minimum absolute atomic E-state index is 0.121. The molecule has 1 N–H and O–H groups in total. The Bertz CT molecular complexity index is 1240. The number of hydrogen-bond acceptors (Lipinski definition) is 2. The number of allylic oxidation sites excluding steroid dienone is 4. The maximum absolute atomic E-state index is 13.5. The molecule has 3 nitrogen and oxygen atoms in total. The number of hydrogen-bond donors (Lipinski definition) is 1. The van der Waals surface area contributed by atoms with E-state index in [1.165, 1.54) is 12.1 Å². The summed E-state index contributed by atoms with van der Waals surface area (Å²) >= 11 is 0. The summed E-state index contributed by atoms with van der Waals surface area (Å²) in [7, 11) is 0. The summed E-state index contributed by atoms with van der Waals surface area (Å²) in [6, 6.07) is 19.3. The molecule has 0 bridgehead atoms. The molecule has 0 aliphatic heterocycles. The van der Waals surface area contributed by atoms with Crippen molar-refractivity contribution in [2.45, 2.75) is 25.6 Å². The van der Waals surface area contributed by atoms with Gasteiger partial charge in [0.2, 0.25) is 0 Å². The van der Waals surface area contributed by atoms with E-state index in [-0.39, 0.29) is 18.1 Å². The van der Waals surface area contributed by atoms with Gasteiger partial charge in [0.25, 0.3) is 0 Å². The molecule has 168 valence electrons. The first-order valence-electron chi connectivity index (χ1n) is 10.3. The molecular weight excluding hydrogens is 429 g/mol. The quantitative estimate of drug-likeness (QED) is 0.435. The lowest BCUT2D eigenvalue weighted by Crippen LogP contribution is -2.09. The number of carboxylic acid groups (broad SMARTS) is 1. The second kappa shape index (κ2) is 8.98. The van der Waals surface area contributed by atoms with Crippen LogP contribution in [0.25, 0.3) is 5.57 Å². The van der Waals surface area contributed by atoms with Gasteiger partial charge in [-0.1, -0.05) is 60.2 Å². The molecule has 0 saturated carbocycles. The first kappa shape index (κ1) is 22.4. The van der Waals surface area contributed by atoms with E-state index in [4.69, 9.17) is 4.74 Å². The van der Waals surface area contributed by atoms with Gasteiger partial charge in [-0.2, -0.15) is 13.2 Å². The van der Waals surface area contributed by atoms with Crippen LogP contribution in [0.2, 0.25) is 0 Å². The molecule has 4 rings (SSSR count). The van der Waals surface area contributed by atoms with Gasteiger partial charge < -0.3 is 9.84 Å². The van der Waals surface area contributed by atoms with Crippen LogP contribution in [0.15, 0.2) is 90.5 Å². The van der Waals surface area contributed by atoms with E-state index in [1.807, 2.05) is 43.3 Å². The summed E-state index contributed by atoms with van der Waals surface area (Å²) in [6.45, 7) is 2.08. The Morgan fingerprint density at radius 2 is 1.73 bits per heavy atom. The van der Waals surface area contributed by atoms with E-state index >= 15 is 0 Å². The van der Waals surface area contributed by atoms with Crippen molar-refractivity contribution in [1.82, 2.24) is 0 Å². The van der Waals surface area contributed by atoms with Crippen LogP contribution < -0.4 is 4.74 Å². The summed E-state index contributed by atoms with van der Waals surface area (Å²) < 4.78 is 46.6. The molecule has 1 aliphatic carbocycles. The molecule has 0 amide bonds. The first-order chi connectivity index (χ1) is 15.7. The fraction of sp³-hybridized carbons (Fsp3) is 0.148. The highest BCUT2D eigenvalue weighted by molar-refractivity contribution is 5.89.